The maximum absolute atomic E-state index is 4.91. The van der Waals surface area contributed by atoms with E-state index in [1.54, 1.807) is 6.08 Å². The highest BCUT2D eigenvalue weighted by Gasteiger charge is 1.57. The lowest BCUT2D eigenvalue weighted by atomic mass is 10.4. The van der Waals surface area contributed by atoms with Gasteiger partial charge in [-0.1, -0.05) is 42.5 Å². The van der Waals surface area contributed by atoms with Crippen LogP contribution in [0.1, 0.15) is 0 Å². The van der Waals surface area contributed by atoms with Gasteiger partial charge in [-0.15, -0.1) is 6.58 Å². The van der Waals surface area contributed by atoms with Crippen LogP contribution in [0.2, 0.25) is 0 Å². The summed E-state index contributed by atoms with van der Waals surface area (Å²) in [5, 5.41) is 0. The van der Waals surface area contributed by atoms with E-state index in [0.29, 0.717) is 6.54 Å². The molecule has 0 spiro atoms. The standard InChI is InChI=1S/C6H6.C3H7N/c1-2-4-6-5-3-1;1-2-3-4/h1-6H;2H,1,3-4H2. The van der Waals surface area contributed by atoms with Gasteiger partial charge in [0.2, 0.25) is 0 Å². The van der Waals surface area contributed by atoms with Crippen molar-refractivity contribution in [2.24, 2.45) is 5.73 Å². The largest absolute Gasteiger partial charge is 0.327 e. The minimum absolute atomic E-state index is 0.583. The zero-order valence-corrected chi connectivity index (χ0v) is 6.03. The van der Waals surface area contributed by atoms with Gasteiger partial charge in [0.15, 0.2) is 0 Å². The van der Waals surface area contributed by atoms with Crippen molar-refractivity contribution in [1.29, 1.82) is 0 Å². The first-order chi connectivity index (χ1) is 4.91. The van der Waals surface area contributed by atoms with Gasteiger partial charge in [-0.25, -0.2) is 0 Å². The third-order valence-corrected chi connectivity index (χ3v) is 0.833. The van der Waals surface area contributed by atoms with Crippen LogP contribution in [0.3, 0.4) is 0 Å². The second kappa shape index (κ2) is 7.92. The van der Waals surface area contributed by atoms with Crippen LogP contribution in [-0.4, -0.2) is 6.54 Å². The van der Waals surface area contributed by atoms with Gasteiger partial charge < -0.3 is 5.73 Å². The molecule has 0 saturated carbocycles. The Kier molecular flexibility index (Phi) is 7.06. The SMILES string of the molecule is C=CCN.c1ccccc1. The molecule has 1 aromatic rings. The summed E-state index contributed by atoms with van der Waals surface area (Å²) in [6.45, 7) is 3.94. The van der Waals surface area contributed by atoms with Crippen molar-refractivity contribution >= 4 is 0 Å². The third-order valence-electron chi connectivity index (χ3n) is 0.833. The number of rotatable bonds is 1. The van der Waals surface area contributed by atoms with Crippen LogP contribution >= 0.6 is 0 Å². The molecule has 2 N–H and O–H groups in total. The third kappa shape index (κ3) is 6.92. The Morgan fingerprint density at radius 2 is 1.20 bits per heavy atom. The molecule has 0 saturated heterocycles. The van der Waals surface area contributed by atoms with Gasteiger partial charge in [-0.2, -0.15) is 0 Å². The molecule has 1 aromatic carbocycles. The van der Waals surface area contributed by atoms with E-state index in [1.807, 2.05) is 36.4 Å². The highest BCUT2D eigenvalue weighted by atomic mass is 14.5. The summed E-state index contributed by atoms with van der Waals surface area (Å²) in [5.74, 6) is 0. The van der Waals surface area contributed by atoms with Crippen molar-refractivity contribution in [3.05, 3.63) is 49.1 Å². The second-order valence-electron chi connectivity index (χ2n) is 1.68. The quantitative estimate of drug-likeness (QED) is 0.584. The molecule has 0 aliphatic rings. The number of hydrogen-bond acceptors (Lipinski definition) is 1. The van der Waals surface area contributed by atoms with Crippen molar-refractivity contribution in [3.8, 4) is 0 Å². The Balaban J connectivity index is 0.000000180. The molecule has 0 heterocycles. The predicted octanol–water partition coefficient (Wildman–Crippen LogP) is 1.82. The molecule has 0 bridgehead atoms. The van der Waals surface area contributed by atoms with Crippen LogP contribution in [0.15, 0.2) is 49.1 Å². The number of hydrogen-bond donors (Lipinski definition) is 1. The highest BCUT2D eigenvalue weighted by Crippen LogP contribution is 1.79. The van der Waals surface area contributed by atoms with E-state index in [1.165, 1.54) is 0 Å². The zero-order chi connectivity index (χ0) is 7.66. The van der Waals surface area contributed by atoms with Crippen molar-refractivity contribution < 1.29 is 0 Å². The van der Waals surface area contributed by atoms with E-state index in [0.717, 1.165) is 0 Å². The Morgan fingerprint density at radius 3 is 1.30 bits per heavy atom. The second-order valence-corrected chi connectivity index (χ2v) is 1.68. The van der Waals surface area contributed by atoms with Gasteiger partial charge in [-0.3, -0.25) is 0 Å². The summed E-state index contributed by atoms with van der Waals surface area (Å²) in [6.07, 6.45) is 1.65. The van der Waals surface area contributed by atoms with Gasteiger partial charge in [-0.05, 0) is 0 Å². The molecular formula is C9H13N. The van der Waals surface area contributed by atoms with Gasteiger partial charge in [0.1, 0.15) is 0 Å². The summed E-state index contributed by atoms with van der Waals surface area (Å²) >= 11 is 0. The topological polar surface area (TPSA) is 26.0 Å². The summed E-state index contributed by atoms with van der Waals surface area (Å²) in [4.78, 5) is 0. The maximum Gasteiger partial charge on any atom is 0.0104 e. The van der Waals surface area contributed by atoms with E-state index in [2.05, 4.69) is 6.58 Å². The van der Waals surface area contributed by atoms with Crippen molar-refractivity contribution in [2.45, 2.75) is 0 Å². The lowest BCUT2D eigenvalue weighted by Gasteiger charge is -1.69. The van der Waals surface area contributed by atoms with Gasteiger partial charge in [0, 0.05) is 6.54 Å². The van der Waals surface area contributed by atoms with E-state index >= 15 is 0 Å². The zero-order valence-electron chi connectivity index (χ0n) is 6.03. The summed E-state index contributed by atoms with van der Waals surface area (Å²) in [6, 6.07) is 12.0. The Bertz CT molecular complexity index is 119. The van der Waals surface area contributed by atoms with Crippen LogP contribution in [0.4, 0.5) is 0 Å². The predicted molar refractivity (Wildman–Crippen MR) is 45.7 cm³/mol. The average Bonchev–Trinajstić information content (AvgIpc) is 2.08. The molecule has 0 aliphatic heterocycles. The Hall–Kier alpha value is -1.08. The summed E-state index contributed by atoms with van der Waals surface area (Å²) in [7, 11) is 0. The van der Waals surface area contributed by atoms with Crippen LogP contribution < -0.4 is 5.73 Å². The van der Waals surface area contributed by atoms with Crippen LogP contribution in [0, 0.1) is 0 Å². The maximum atomic E-state index is 4.91. The van der Waals surface area contributed by atoms with Gasteiger partial charge in [0.05, 0.1) is 0 Å². The smallest absolute Gasteiger partial charge is 0.0104 e. The first-order valence-corrected chi connectivity index (χ1v) is 3.22. The molecule has 0 unspecified atom stereocenters. The molecular weight excluding hydrogens is 122 g/mol. The average molecular weight is 135 g/mol. The first kappa shape index (κ1) is 8.92. The monoisotopic (exact) mass is 135 g/mol. The molecule has 54 valence electrons. The minimum Gasteiger partial charge on any atom is -0.327 e. The van der Waals surface area contributed by atoms with Crippen LogP contribution in [0.5, 0.6) is 0 Å². The van der Waals surface area contributed by atoms with E-state index in [4.69, 9.17) is 5.73 Å². The molecule has 0 aromatic heterocycles. The number of nitrogens with two attached hydrogens (primary N) is 1. The van der Waals surface area contributed by atoms with Crippen molar-refractivity contribution in [1.82, 2.24) is 0 Å². The first-order valence-electron chi connectivity index (χ1n) is 3.22. The molecule has 0 radical (unpaired) electrons. The highest BCUT2D eigenvalue weighted by molar-refractivity contribution is 4.99. The van der Waals surface area contributed by atoms with Gasteiger partial charge >= 0.3 is 0 Å². The van der Waals surface area contributed by atoms with Crippen molar-refractivity contribution in [3.63, 3.8) is 0 Å². The molecule has 0 aliphatic carbocycles. The van der Waals surface area contributed by atoms with E-state index in [-0.39, 0.29) is 0 Å². The van der Waals surface area contributed by atoms with Gasteiger partial charge in [0.25, 0.3) is 0 Å². The molecule has 1 heteroatoms. The Labute approximate surface area is 62.2 Å². The summed E-state index contributed by atoms with van der Waals surface area (Å²) in [5.41, 5.74) is 4.91. The molecule has 10 heavy (non-hydrogen) atoms. The van der Waals surface area contributed by atoms with Crippen LogP contribution in [0.25, 0.3) is 0 Å². The molecule has 0 amide bonds. The van der Waals surface area contributed by atoms with E-state index in [9.17, 15) is 0 Å². The summed E-state index contributed by atoms with van der Waals surface area (Å²) < 4.78 is 0. The minimum atomic E-state index is 0.583. The van der Waals surface area contributed by atoms with Crippen LogP contribution in [-0.2, 0) is 0 Å². The van der Waals surface area contributed by atoms with Crippen molar-refractivity contribution in [2.75, 3.05) is 6.54 Å². The fraction of sp³-hybridized carbons (Fsp3) is 0.111. The molecule has 0 fully saturated rings. The lowest BCUT2D eigenvalue weighted by molar-refractivity contribution is 1.26. The number of benzene rings is 1. The fourth-order valence-corrected chi connectivity index (χ4v) is 0.385. The fourth-order valence-electron chi connectivity index (χ4n) is 0.385. The lowest BCUT2D eigenvalue weighted by Crippen LogP contribution is -1.90. The molecule has 0 atom stereocenters. The normalized spacial score (nSPS) is 7.30. The molecule has 1 rings (SSSR count). The van der Waals surface area contributed by atoms with E-state index < -0.39 is 0 Å². The Morgan fingerprint density at radius 1 is 1.00 bits per heavy atom. The molecule has 1 nitrogen and oxygen atoms in total.